The number of benzene rings is 16. The predicted molar refractivity (Wildman–Crippen MR) is 359 cm³/mol. The van der Waals surface area contributed by atoms with E-state index in [-0.39, 0.29) is 13.2 Å². The zero-order chi connectivity index (χ0) is 57.2. The van der Waals surface area contributed by atoms with Crippen LogP contribution in [0.2, 0.25) is 0 Å². The van der Waals surface area contributed by atoms with Crippen molar-refractivity contribution in [2.75, 3.05) is 0 Å². The summed E-state index contributed by atoms with van der Waals surface area (Å²) in [5.41, 5.74) is 11.4. The molecule has 406 valence electrons. The van der Waals surface area contributed by atoms with E-state index in [1.54, 1.807) is 0 Å². The van der Waals surface area contributed by atoms with Crippen molar-refractivity contribution >= 4 is 86.2 Å². The third-order valence-corrected chi connectivity index (χ3v) is 17.4. The van der Waals surface area contributed by atoms with Gasteiger partial charge in [-0.3, -0.25) is 0 Å². The average molecular weight is 1100 g/mol. The van der Waals surface area contributed by atoms with Gasteiger partial charge >= 0.3 is 0 Å². The van der Waals surface area contributed by atoms with Crippen LogP contribution in [-0.2, 0) is 13.2 Å². The molecule has 4 nitrogen and oxygen atoms in total. The molecule has 0 saturated heterocycles. The number of fused-ring (bicyclic) bond motifs is 8. The third kappa shape index (κ3) is 8.87. The summed E-state index contributed by atoms with van der Waals surface area (Å²) in [7, 11) is 0. The minimum Gasteiger partial charge on any atom is -0.455 e. The summed E-state index contributed by atoms with van der Waals surface area (Å²) < 4.78 is 15.6. The highest BCUT2D eigenvalue weighted by molar-refractivity contribution is 6.12. The van der Waals surface area contributed by atoms with Crippen molar-refractivity contribution in [3.05, 3.63) is 302 Å². The van der Waals surface area contributed by atoms with Gasteiger partial charge in [0, 0.05) is 33.0 Å². The van der Waals surface area contributed by atoms with Crippen molar-refractivity contribution in [2.24, 2.45) is 0 Å². The summed E-state index contributed by atoms with van der Waals surface area (Å²) in [6.07, 6.45) is 0. The van der Waals surface area contributed by atoms with Crippen LogP contribution in [0.15, 0.2) is 291 Å². The molecule has 0 spiro atoms. The molecule has 0 aromatic heterocycles. The van der Waals surface area contributed by atoms with Crippen molar-refractivity contribution < 1.29 is 19.7 Å². The minimum atomic E-state index is -0.144. The van der Waals surface area contributed by atoms with Gasteiger partial charge in [0.1, 0.15) is 23.0 Å². The zero-order valence-corrected chi connectivity index (χ0v) is 46.8. The fraction of sp³-hybridized carbons (Fsp3) is 0.0244. The molecule has 0 heterocycles. The van der Waals surface area contributed by atoms with Crippen molar-refractivity contribution in [1.29, 1.82) is 0 Å². The van der Waals surface area contributed by atoms with E-state index in [1.165, 1.54) is 21.5 Å². The SMILES string of the molecule is OCc1cc(-c2ccc3ccccc3c2)c(Oc2ccc3cc(-c4ccc5ccccc5c4)ccc3c2-c2c(Oc3c(-c4ccc5ccccc5c4)cc(CO)c4ccccc34)ccc3cc(-c4ccc5ccccc5c4)ccc23)c2ccccc12. The molecule has 0 aliphatic rings. The molecule has 16 rings (SSSR count). The molecule has 0 fully saturated rings. The van der Waals surface area contributed by atoms with Crippen LogP contribution in [0, 0.1) is 0 Å². The van der Waals surface area contributed by atoms with Crippen LogP contribution < -0.4 is 9.47 Å². The van der Waals surface area contributed by atoms with Crippen molar-refractivity contribution in [1.82, 2.24) is 0 Å². The molecule has 0 amide bonds. The normalized spacial score (nSPS) is 11.7. The molecule has 0 saturated carbocycles. The maximum Gasteiger partial charge on any atom is 0.143 e. The van der Waals surface area contributed by atoms with Gasteiger partial charge in [-0.15, -0.1) is 0 Å². The smallest absolute Gasteiger partial charge is 0.143 e. The Labute approximate surface area is 497 Å². The van der Waals surface area contributed by atoms with E-state index in [2.05, 4.69) is 267 Å². The van der Waals surface area contributed by atoms with E-state index in [1.807, 2.05) is 24.3 Å². The summed E-state index contributed by atoms with van der Waals surface area (Å²) in [5.74, 6) is 2.61. The molecule has 0 atom stereocenters. The highest BCUT2D eigenvalue weighted by Crippen LogP contribution is 2.53. The van der Waals surface area contributed by atoms with Gasteiger partial charge in [-0.05, 0) is 181 Å². The van der Waals surface area contributed by atoms with Crippen LogP contribution in [0.5, 0.6) is 23.0 Å². The van der Waals surface area contributed by atoms with Crippen LogP contribution in [0.1, 0.15) is 11.1 Å². The van der Waals surface area contributed by atoms with E-state index in [0.717, 1.165) is 131 Å². The lowest BCUT2D eigenvalue weighted by Gasteiger charge is -2.23. The fourth-order valence-electron chi connectivity index (χ4n) is 13.1. The van der Waals surface area contributed by atoms with Gasteiger partial charge in [-0.2, -0.15) is 0 Å². The first-order chi connectivity index (χ1) is 42.5. The Morgan fingerprint density at radius 2 is 0.500 bits per heavy atom. The average Bonchev–Trinajstić information content (AvgIpc) is 1.04. The number of hydrogen-bond donors (Lipinski definition) is 2. The molecular formula is C82H54O4. The van der Waals surface area contributed by atoms with Crippen LogP contribution >= 0.6 is 0 Å². The third-order valence-electron chi connectivity index (χ3n) is 17.4. The minimum absolute atomic E-state index is 0.144. The molecule has 0 aliphatic carbocycles. The van der Waals surface area contributed by atoms with Gasteiger partial charge in [0.25, 0.3) is 0 Å². The summed E-state index contributed by atoms with van der Waals surface area (Å²) in [4.78, 5) is 0. The lowest BCUT2D eigenvalue weighted by Crippen LogP contribution is -1.99. The summed E-state index contributed by atoms with van der Waals surface area (Å²) in [6, 6.07) is 103. The van der Waals surface area contributed by atoms with Gasteiger partial charge in [-0.25, -0.2) is 0 Å². The highest BCUT2D eigenvalue weighted by Gasteiger charge is 2.26. The number of aliphatic hydroxyl groups is 2. The maximum absolute atomic E-state index is 11.1. The lowest BCUT2D eigenvalue weighted by atomic mass is 9.89. The van der Waals surface area contributed by atoms with E-state index in [0.29, 0.717) is 23.0 Å². The monoisotopic (exact) mass is 1100 g/mol. The Morgan fingerprint density at radius 1 is 0.221 bits per heavy atom. The van der Waals surface area contributed by atoms with E-state index in [4.69, 9.17) is 9.47 Å². The first-order valence-electron chi connectivity index (χ1n) is 29.3. The summed E-state index contributed by atoms with van der Waals surface area (Å²) >= 11 is 0. The first-order valence-corrected chi connectivity index (χ1v) is 29.3. The Kier molecular flexibility index (Phi) is 12.5. The van der Waals surface area contributed by atoms with Crippen molar-refractivity contribution in [3.8, 4) is 78.6 Å². The van der Waals surface area contributed by atoms with E-state index >= 15 is 0 Å². The molecule has 0 unspecified atom stereocenters. The van der Waals surface area contributed by atoms with Crippen LogP contribution in [0.3, 0.4) is 0 Å². The number of aliphatic hydroxyl groups excluding tert-OH is 2. The van der Waals surface area contributed by atoms with Crippen molar-refractivity contribution in [2.45, 2.75) is 13.2 Å². The Bertz CT molecular complexity index is 5070. The number of ether oxygens (including phenoxy) is 2. The van der Waals surface area contributed by atoms with Gasteiger partial charge in [0.15, 0.2) is 0 Å². The molecule has 16 aromatic rings. The number of hydrogen-bond acceptors (Lipinski definition) is 4. The second kappa shape index (κ2) is 21.1. The van der Waals surface area contributed by atoms with Gasteiger partial charge in [0.05, 0.1) is 13.2 Å². The van der Waals surface area contributed by atoms with Crippen LogP contribution in [0.4, 0.5) is 0 Å². The quantitative estimate of drug-likeness (QED) is 0.136. The Hall–Kier alpha value is -10.9. The first kappa shape index (κ1) is 50.8. The zero-order valence-electron chi connectivity index (χ0n) is 46.8. The second-order valence-electron chi connectivity index (χ2n) is 22.4. The molecule has 0 aliphatic heterocycles. The molecule has 0 radical (unpaired) electrons. The topological polar surface area (TPSA) is 58.9 Å². The van der Waals surface area contributed by atoms with Gasteiger partial charge in [0.2, 0.25) is 0 Å². The Balaban J connectivity index is 0.985. The van der Waals surface area contributed by atoms with E-state index in [9.17, 15) is 10.2 Å². The lowest BCUT2D eigenvalue weighted by molar-refractivity contribution is 0.283. The van der Waals surface area contributed by atoms with Crippen LogP contribution in [-0.4, -0.2) is 10.2 Å². The highest BCUT2D eigenvalue weighted by atomic mass is 16.5. The summed E-state index contributed by atoms with van der Waals surface area (Å²) in [6.45, 7) is -0.287. The number of rotatable bonds is 11. The molecule has 4 heteroatoms. The van der Waals surface area contributed by atoms with Crippen LogP contribution in [0.25, 0.3) is 142 Å². The molecule has 86 heavy (non-hydrogen) atoms. The fourth-order valence-corrected chi connectivity index (χ4v) is 13.1. The standard InChI is InChI=1S/C82H54O4/c83-49-67-47-75(65-31-27-53-15-3-7-19-57(53)43-65)81(73-23-11-9-21-69(67)73)85-77-39-35-63-45-61(59-29-25-51-13-1-5-17-55(51)41-59)33-37-71(63)79(77)80-72-38-34-62(60-30-26-52-14-2-6-18-56(52)42-60)46-64(72)36-40-78(80)86-82-74-24-12-10-22-70(74)68(50-84)48-76(82)66-32-28-54-16-4-8-20-58(54)44-66/h1-48,83-84H,49-50H2. The molecule has 0 bridgehead atoms. The largest absolute Gasteiger partial charge is 0.455 e. The predicted octanol–water partition coefficient (Wildman–Crippen LogP) is 21.8. The Morgan fingerprint density at radius 3 is 0.860 bits per heavy atom. The van der Waals surface area contributed by atoms with Gasteiger partial charge in [-0.1, -0.05) is 231 Å². The van der Waals surface area contributed by atoms with Crippen molar-refractivity contribution in [3.63, 3.8) is 0 Å². The van der Waals surface area contributed by atoms with E-state index < -0.39 is 0 Å². The second-order valence-corrected chi connectivity index (χ2v) is 22.4. The summed E-state index contributed by atoms with van der Waals surface area (Å²) in [5, 5.41) is 39.0. The van der Waals surface area contributed by atoms with Gasteiger partial charge < -0.3 is 19.7 Å². The molecule has 16 aromatic carbocycles. The molecular weight excluding hydrogens is 1050 g/mol. The maximum atomic E-state index is 11.1. The molecule has 2 N–H and O–H groups in total.